The summed E-state index contributed by atoms with van der Waals surface area (Å²) < 4.78 is 5.68. The van der Waals surface area contributed by atoms with E-state index in [0.717, 1.165) is 18.6 Å². The molecule has 0 amide bonds. The van der Waals surface area contributed by atoms with E-state index in [9.17, 15) is 5.26 Å². The van der Waals surface area contributed by atoms with Crippen LogP contribution in [0.2, 0.25) is 0 Å². The zero-order chi connectivity index (χ0) is 12.4. The van der Waals surface area contributed by atoms with Crippen LogP contribution in [-0.2, 0) is 0 Å². The predicted molar refractivity (Wildman–Crippen MR) is 69.2 cm³/mol. The fourth-order valence-corrected chi connectivity index (χ4v) is 3.04. The van der Waals surface area contributed by atoms with Crippen LogP contribution in [0.5, 0.6) is 5.75 Å². The molecule has 2 aliphatic rings. The number of rotatable bonds is 2. The summed E-state index contributed by atoms with van der Waals surface area (Å²) in [7, 11) is 0. The minimum Gasteiger partial charge on any atom is -0.491 e. The maximum absolute atomic E-state index is 9.21. The van der Waals surface area contributed by atoms with Gasteiger partial charge in [0, 0.05) is 11.6 Å². The Balaban J connectivity index is 1.72. The van der Waals surface area contributed by atoms with Crippen molar-refractivity contribution < 1.29 is 4.74 Å². The Morgan fingerprint density at radius 1 is 1.22 bits per heavy atom. The van der Waals surface area contributed by atoms with Crippen molar-refractivity contribution in [3.63, 3.8) is 0 Å². The van der Waals surface area contributed by atoms with E-state index in [1.54, 1.807) is 0 Å². The predicted octanol–water partition coefficient (Wildman–Crippen LogP) is 2.79. The average molecular weight is 242 g/mol. The standard InChI is InChI=1S/C15H18N2O/c16-9-11-5-1-3-7-13(11)17-14-10-18-15-8-4-2-6-12(14)15/h2,4,6,8,11,13-14,17H,1,3,5,7,10H2. The summed E-state index contributed by atoms with van der Waals surface area (Å²) in [6, 6.07) is 11.2. The van der Waals surface area contributed by atoms with Crippen molar-refractivity contribution in [2.45, 2.75) is 37.8 Å². The molecule has 18 heavy (non-hydrogen) atoms. The van der Waals surface area contributed by atoms with E-state index in [1.807, 2.05) is 18.2 Å². The molecule has 1 aliphatic carbocycles. The number of benzene rings is 1. The second kappa shape index (κ2) is 4.99. The lowest BCUT2D eigenvalue weighted by Gasteiger charge is -2.30. The van der Waals surface area contributed by atoms with E-state index in [1.165, 1.54) is 18.4 Å². The van der Waals surface area contributed by atoms with Crippen molar-refractivity contribution in [3.8, 4) is 11.8 Å². The third kappa shape index (κ3) is 2.09. The molecule has 94 valence electrons. The number of ether oxygens (including phenoxy) is 1. The summed E-state index contributed by atoms with van der Waals surface area (Å²) in [4.78, 5) is 0. The lowest BCUT2D eigenvalue weighted by atomic mass is 9.85. The van der Waals surface area contributed by atoms with E-state index in [0.29, 0.717) is 12.6 Å². The summed E-state index contributed by atoms with van der Waals surface area (Å²) in [5.74, 6) is 1.14. The molecular formula is C15H18N2O. The van der Waals surface area contributed by atoms with Gasteiger partial charge in [0.2, 0.25) is 0 Å². The van der Waals surface area contributed by atoms with Crippen molar-refractivity contribution in [1.82, 2.24) is 5.32 Å². The second-order valence-corrected chi connectivity index (χ2v) is 5.19. The third-order valence-corrected chi connectivity index (χ3v) is 4.05. The number of para-hydroxylation sites is 1. The Morgan fingerprint density at radius 3 is 2.94 bits per heavy atom. The van der Waals surface area contributed by atoms with Crippen LogP contribution in [0.1, 0.15) is 37.3 Å². The molecule has 1 saturated carbocycles. The van der Waals surface area contributed by atoms with Gasteiger partial charge in [-0.25, -0.2) is 0 Å². The number of hydrogen-bond acceptors (Lipinski definition) is 3. The van der Waals surface area contributed by atoms with Crippen LogP contribution in [0.25, 0.3) is 0 Å². The van der Waals surface area contributed by atoms with E-state index in [-0.39, 0.29) is 12.0 Å². The summed E-state index contributed by atoms with van der Waals surface area (Å²) in [5.41, 5.74) is 1.24. The molecule has 1 N–H and O–H groups in total. The Morgan fingerprint density at radius 2 is 2.06 bits per heavy atom. The zero-order valence-corrected chi connectivity index (χ0v) is 10.4. The molecular weight excluding hydrogens is 224 g/mol. The Hall–Kier alpha value is -1.53. The summed E-state index contributed by atoms with van der Waals surface area (Å²) in [6.07, 6.45) is 4.56. The first-order valence-corrected chi connectivity index (χ1v) is 6.76. The molecule has 3 rings (SSSR count). The fourth-order valence-electron chi connectivity index (χ4n) is 3.04. The SMILES string of the molecule is N#CC1CCCCC1NC1COc2ccccc21. The molecule has 0 aromatic heterocycles. The molecule has 1 fully saturated rings. The smallest absolute Gasteiger partial charge is 0.124 e. The van der Waals surface area contributed by atoms with Crippen LogP contribution < -0.4 is 10.1 Å². The van der Waals surface area contributed by atoms with Gasteiger partial charge >= 0.3 is 0 Å². The second-order valence-electron chi connectivity index (χ2n) is 5.19. The highest BCUT2D eigenvalue weighted by Gasteiger charge is 2.30. The summed E-state index contributed by atoms with van der Waals surface area (Å²) in [6.45, 7) is 0.688. The van der Waals surface area contributed by atoms with Gasteiger partial charge in [-0.15, -0.1) is 0 Å². The third-order valence-electron chi connectivity index (χ3n) is 4.05. The maximum atomic E-state index is 9.21. The van der Waals surface area contributed by atoms with E-state index >= 15 is 0 Å². The van der Waals surface area contributed by atoms with Crippen LogP contribution in [0.15, 0.2) is 24.3 Å². The monoisotopic (exact) mass is 242 g/mol. The first-order chi connectivity index (χ1) is 8.88. The Bertz CT molecular complexity index is 466. The summed E-state index contributed by atoms with van der Waals surface area (Å²) in [5, 5.41) is 12.8. The molecule has 3 atom stereocenters. The van der Waals surface area contributed by atoms with Gasteiger partial charge in [0.15, 0.2) is 0 Å². The van der Waals surface area contributed by atoms with Gasteiger partial charge < -0.3 is 10.1 Å². The first-order valence-electron chi connectivity index (χ1n) is 6.76. The van der Waals surface area contributed by atoms with Gasteiger partial charge in [-0.3, -0.25) is 0 Å². The van der Waals surface area contributed by atoms with E-state index < -0.39 is 0 Å². The van der Waals surface area contributed by atoms with Crippen molar-refractivity contribution in [1.29, 1.82) is 5.26 Å². The molecule has 0 spiro atoms. The minimum atomic E-state index is 0.159. The van der Waals surface area contributed by atoms with Crippen molar-refractivity contribution in [2.75, 3.05) is 6.61 Å². The fraction of sp³-hybridized carbons (Fsp3) is 0.533. The van der Waals surface area contributed by atoms with Crippen LogP contribution in [0.3, 0.4) is 0 Å². The quantitative estimate of drug-likeness (QED) is 0.867. The van der Waals surface area contributed by atoms with Crippen molar-refractivity contribution in [3.05, 3.63) is 29.8 Å². The Labute approximate surface area is 108 Å². The lowest BCUT2D eigenvalue weighted by Crippen LogP contribution is -2.40. The number of fused-ring (bicyclic) bond motifs is 1. The van der Waals surface area contributed by atoms with Gasteiger partial charge in [-0.2, -0.15) is 5.26 Å². The van der Waals surface area contributed by atoms with Gasteiger partial charge in [-0.1, -0.05) is 31.0 Å². The molecule has 1 aliphatic heterocycles. The van der Waals surface area contributed by atoms with Gasteiger partial charge in [0.1, 0.15) is 12.4 Å². The zero-order valence-electron chi connectivity index (χ0n) is 10.4. The molecule has 1 aromatic rings. The largest absolute Gasteiger partial charge is 0.491 e. The lowest BCUT2D eigenvalue weighted by molar-refractivity contribution is 0.250. The highest BCUT2D eigenvalue weighted by atomic mass is 16.5. The normalized spacial score (nSPS) is 30.3. The highest BCUT2D eigenvalue weighted by Crippen LogP contribution is 2.34. The topological polar surface area (TPSA) is 45.0 Å². The Kier molecular flexibility index (Phi) is 3.21. The van der Waals surface area contributed by atoms with Crippen LogP contribution >= 0.6 is 0 Å². The molecule has 0 bridgehead atoms. The van der Waals surface area contributed by atoms with Gasteiger partial charge in [0.25, 0.3) is 0 Å². The van der Waals surface area contributed by atoms with Crippen molar-refractivity contribution >= 4 is 0 Å². The van der Waals surface area contributed by atoms with E-state index in [2.05, 4.69) is 17.5 Å². The molecule has 3 nitrogen and oxygen atoms in total. The first kappa shape index (κ1) is 11.6. The van der Waals surface area contributed by atoms with E-state index in [4.69, 9.17) is 4.74 Å². The number of nitriles is 1. The number of hydrogen-bond donors (Lipinski definition) is 1. The molecule has 3 unspecified atom stereocenters. The van der Waals surface area contributed by atoms with Crippen LogP contribution in [-0.4, -0.2) is 12.6 Å². The van der Waals surface area contributed by atoms with Crippen molar-refractivity contribution in [2.24, 2.45) is 5.92 Å². The molecule has 3 heteroatoms. The molecule has 1 heterocycles. The molecule has 1 aromatic carbocycles. The van der Waals surface area contributed by atoms with Crippen LogP contribution in [0, 0.1) is 17.2 Å². The average Bonchev–Trinajstić information content (AvgIpc) is 2.83. The number of nitrogens with zero attached hydrogens (tertiary/aromatic N) is 1. The minimum absolute atomic E-state index is 0.159. The summed E-state index contributed by atoms with van der Waals surface area (Å²) >= 11 is 0. The molecule has 0 radical (unpaired) electrons. The maximum Gasteiger partial charge on any atom is 0.124 e. The van der Waals surface area contributed by atoms with Crippen LogP contribution in [0.4, 0.5) is 0 Å². The molecule has 0 saturated heterocycles. The number of nitrogens with one attached hydrogen (secondary N) is 1. The highest BCUT2D eigenvalue weighted by molar-refractivity contribution is 5.39. The van der Waals surface area contributed by atoms with Gasteiger partial charge in [0.05, 0.1) is 18.0 Å². The van der Waals surface area contributed by atoms with Gasteiger partial charge in [-0.05, 0) is 18.9 Å².